The van der Waals surface area contributed by atoms with Gasteiger partial charge in [-0.1, -0.05) is 53.3 Å². The molecule has 0 atom stereocenters. The summed E-state index contributed by atoms with van der Waals surface area (Å²) in [5.41, 5.74) is 2.23. The fraction of sp³-hybridized carbons (Fsp3) is 0.100. The van der Waals surface area contributed by atoms with Crippen molar-refractivity contribution in [1.29, 1.82) is 0 Å². The van der Waals surface area contributed by atoms with Gasteiger partial charge in [0.05, 0.1) is 15.2 Å². The average molecular weight is 399 g/mol. The van der Waals surface area contributed by atoms with Crippen molar-refractivity contribution in [2.75, 3.05) is 0 Å². The average Bonchev–Trinajstić information content (AvgIpc) is 3.13. The van der Waals surface area contributed by atoms with Crippen LogP contribution in [0.25, 0.3) is 20.3 Å². The molecule has 1 amide bonds. The zero-order valence-electron chi connectivity index (χ0n) is 14.0. The number of hydrogen-bond acceptors (Lipinski definition) is 3. The lowest BCUT2D eigenvalue weighted by molar-refractivity contribution is 0.100. The number of thiazole rings is 1. The maximum Gasteiger partial charge on any atom is 0.291 e. The third-order valence-electron chi connectivity index (χ3n) is 4.08. The number of allylic oxidation sites excluding steroid dienone is 1. The van der Waals surface area contributed by atoms with Crippen LogP contribution in [0.2, 0.25) is 5.02 Å². The minimum absolute atomic E-state index is 0.308. The normalized spacial score (nSPS) is 12.2. The van der Waals surface area contributed by atoms with Crippen molar-refractivity contribution in [3.8, 4) is 0 Å². The van der Waals surface area contributed by atoms with Gasteiger partial charge < -0.3 is 4.57 Å². The van der Waals surface area contributed by atoms with E-state index >= 15 is 0 Å². The van der Waals surface area contributed by atoms with Crippen molar-refractivity contribution in [2.45, 2.75) is 13.5 Å². The molecule has 0 unspecified atom stereocenters. The fourth-order valence-corrected chi connectivity index (χ4v) is 5.39. The molecule has 0 aliphatic rings. The SMILES string of the molecule is C=CCn1c(=NC(=O)c2sc3ccccc3c2Cl)sc2cc(C)ccc21. The Bertz CT molecular complexity index is 1230. The van der Waals surface area contributed by atoms with E-state index in [9.17, 15) is 4.79 Å². The van der Waals surface area contributed by atoms with Crippen molar-refractivity contribution in [3.05, 3.63) is 75.4 Å². The van der Waals surface area contributed by atoms with E-state index in [1.807, 2.05) is 34.9 Å². The van der Waals surface area contributed by atoms with Crippen LogP contribution >= 0.6 is 34.3 Å². The van der Waals surface area contributed by atoms with Gasteiger partial charge >= 0.3 is 0 Å². The Morgan fingerprint density at radius 2 is 2.04 bits per heavy atom. The molecule has 4 aromatic rings. The van der Waals surface area contributed by atoms with Crippen LogP contribution in [0.5, 0.6) is 0 Å². The summed E-state index contributed by atoms with van der Waals surface area (Å²) in [5.74, 6) is -0.308. The molecule has 0 fully saturated rings. The smallest absolute Gasteiger partial charge is 0.291 e. The Balaban J connectivity index is 1.89. The number of fused-ring (bicyclic) bond motifs is 2. The van der Waals surface area contributed by atoms with Gasteiger partial charge in [0.1, 0.15) is 4.88 Å². The number of halogens is 1. The quantitative estimate of drug-likeness (QED) is 0.401. The fourth-order valence-electron chi connectivity index (χ4n) is 2.86. The number of aryl methyl sites for hydroxylation is 1. The van der Waals surface area contributed by atoms with Crippen molar-refractivity contribution in [3.63, 3.8) is 0 Å². The minimum Gasteiger partial charge on any atom is -0.312 e. The Labute approximate surface area is 163 Å². The predicted octanol–water partition coefficient (Wildman–Crippen LogP) is 5.81. The van der Waals surface area contributed by atoms with Gasteiger partial charge in [0.25, 0.3) is 5.91 Å². The first-order valence-electron chi connectivity index (χ1n) is 8.05. The zero-order chi connectivity index (χ0) is 18.3. The largest absolute Gasteiger partial charge is 0.312 e. The number of nitrogens with zero attached hydrogens (tertiary/aromatic N) is 2. The van der Waals surface area contributed by atoms with Crippen LogP contribution in [0, 0.1) is 6.92 Å². The molecule has 0 saturated carbocycles. The minimum atomic E-state index is -0.308. The first-order chi connectivity index (χ1) is 12.6. The number of hydrogen-bond donors (Lipinski definition) is 0. The van der Waals surface area contributed by atoms with Gasteiger partial charge in [0, 0.05) is 16.6 Å². The molecule has 0 N–H and O–H groups in total. The van der Waals surface area contributed by atoms with Crippen LogP contribution in [0.15, 0.2) is 60.1 Å². The van der Waals surface area contributed by atoms with E-state index < -0.39 is 0 Å². The van der Waals surface area contributed by atoms with E-state index in [1.54, 1.807) is 0 Å². The summed E-state index contributed by atoms with van der Waals surface area (Å²) in [6.45, 7) is 6.46. The molecule has 26 heavy (non-hydrogen) atoms. The molecule has 4 rings (SSSR count). The lowest BCUT2D eigenvalue weighted by atomic mass is 10.2. The second-order valence-corrected chi connectivity index (χ2v) is 8.35. The first kappa shape index (κ1) is 17.2. The highest BCUT2D eigenvalue weighted by molar-refractivity contribution is 7.21. The highest BCUT2D eigenvalue weighted by Crippen LogP contribution is 2.35. The molecule has 0 saturated heterocycles. The maximum atomic E-state index is 12.8. The standard InChI is InChI=1S/C20H15ClN2OS2/c1-3-10-23-14-9-8-12(2)11-16(14)26-20(23)22-19(24)18-17(21)13-6-4-5-7-15(13)25-18/h3-9,11H,1,10H2,2H3. The molecular formula is C20H15ClN2OS2. The van der Waals surface area contributed by atoms with E-state index in [0.29, 0.717) is 21.2 Å². The third-order valence-corrected chi connectivity index (χ3v) is 6.78. The monoisotopic (exact) mass is 398 g/mol. The summed E-state index contributed by atoms with van der Waals surface area (Å²) in [7, 11) is 0. The van der Waals surface area contributed by atoms with Crippen LogP contribution in [0.3, 0.4) is 0 Å². The van der Waals surface area contributed by atoms with Gasteiger partial charge in [-0.2, -0.15) is 4.99 Å². The van der Waals surface area contributed by atoms with Crippen LogP contribution in [-0.4, -0.2) is 10.5 Å². The van der Waals surface area contributed by atoms with E-state index in [1.165, 1.54) is 28.2 Å². The second kappa shape index (κ2) is 6.83. The highest BCUT2D eigenvalue weighted by Gasteiger charge is 2.17. The number of rotatable bonds is 3. The summed E-state index contributed by atoms with van der Waals surface area (Å²) in [4.78, 5) is 18.4. The molecule has 0 spiro atoms. The number of amides is 1. The van der Waals surface area contributed by atoms with E-state index in [4.69, 9.17) is 11.6 Å². The summed E-state index contributed by atoms with van der Waals surface area (Å²) in [6.07, 6.45) is 1.81. The lowest BCUT2D eigenvalue weighted by Crippen LogP contribution is -2.16. The van der Waals surface area contributed by atoms with Gasteiger partial charge in [-0.25, -0.2) is 0 Å². The van der Waals surface area contributed by atoms with Crippen LogP contribution in [0.1, 0.15) is 15.2 Å². The summed E-state index contributed by atoms with van der Waals surface area (Å²) >= 11 is 9.31. The molecule has 0 radical (unpaired) electrons. The third kappa shape index (κ3) is 2.92. The topological polar surface area (TPSA) is 34.4 Å². The number of benzene rings is 2. The van der Waals surface area contributed by atoms with Crippen molar-refractivity contribution < 1.29 is 4.79 Å². The number of aromatic nitrogens is 1. The van der Waals surface area contributed by atoms with Crippen molar-refractivity contribution >= 4 is 60.5 Å². The summed E-state index contributed by atoms with van der Waals surface area (Å²) < 4.78 is 4.09. The van der Waals surface area contributed by atoms with Crippen LogP contribution in [-0.2, 0) is 6.54 Å². The molecule has 2 heterocycles. The number of carbonyl (C=O) groups excluding carboxylic acids is 1. The number of carbonyl (C=O) groups is 1. The van der Waals surface area contributed by atoms with Crippen LogP contribution < -0.4 is 4.80 Å². The molecule has 130 valence electrons. The Morgan fingerprint density at radius 1 is 1.23 bits per heavy atom. The first-order valence-corrected chi connectivity index (χ1v) is 10.1. The summed E-state index contributed by atoms with van der Waals surface area (Å²) in [5, 5.41) is 1.37. The van der Waals surface area contributed by atoms with E-state index in [-0.39, 0.29) is 5.91 Å². The predicted molar refractivity (Wildman–Crippen MR) is 111 cm³/mol. The van der Waals surface area contributed by atoms with E-state index in [2.05, 4.69) is 36.7 Å². The Hall–Kier alpha value is -2.21. The molecule has 0 aliphatic heterocycles. The lowest BCUT2D eigenvalue weighted by Gasteiger charge is -2.01. The second-order valence-electron chi connectivity index (χ2n) is 5.91. The molecule has 2 aromatic carbocycles. The molecular weight excluding hydrogens is 384 g/mol. The highest BCUT2D eigenvalue weighted by atomic mass is 35.5. The van der Waals surface area contributed by atoms with E-state index in [0.717, 1.165) is 20.3 Å². The Morgan fingerprint density at radius 3 is 2.81 bits per heavy atom. The maximum absolute atomic E-state index is 12.8. The summed E-state index contributed by atoms with van der Waals surface area (Å²) in [6, 6.07) is 14.0. The Kier molecular flexibility index (Phi) is 4.53. The molecule has 0 bridgehead atoms. The number of thiophene rings is 1. The van der Waals surface area contributed by atoms with Gasteiger partial charge in [-0.3, -0.25) is 4.79 Å². The van der Waals surface area contributed by atoms with Crippen molar-refractivity contribution in [2.24, 2.45) is 4.99 Å². The van der Waals surface area contributed by atoms with Crippen molar-refractivity contribution in [1.82, 2.24) is 4.57 Å². The van der Waals surface area contributed by atoms with Gasteiger partial charge in [-0.05, 0) is 30.7 Å². The molecule has 0 aliphatic carbocycles. The van der Waals surface area contributed by atoms with Gasteiger partial charge in [0.15, 0.2) is 4.80 Å². The van der Waals surface area contributed by atoms with Gasteiger partial charge in [0.2, 0.25) is 0 Å². The zero-order valence-corrected chi connectivity index (χ0v) is 16.4. The molecule has 2 aromatic heterocycles. The molecule has 6 heteroatoms. The molecule has 3 nitrogen and oxygen atoms in total. The van der Waals surface area contributed by atoms with Gasteiger partial charge in [-0.15, -0.1) is 17.9 Å². The van der Waals surface area contributed by atoms with Crippen LogP contribution in [0.4, 0.5) is 0 Å².